The van der Waals surface area contributed by atoms with Crippen molar-refractivity contribution in [3.05, 3.63) is 63.1 Å². The molecule has 5 heteroatoms. The Morgan fingerprint density at radius 3 is 2.48 bits per heavy atom. The number of rotatable bonds is 4. The summed E-state index contributed by atoms with van der Waals surface area (Å²) in [5, 5.41) is 0.605. The number of hydrogen-bond donors (Lipinski definition) is 0. The molecule has 0 aliphatic heterocycles. The molecule has 0 heterocycles. The maximum absolute atomic E-state index is 12.5. The van der Waals surface area contributed by atoms with Gasteiger partial charge in [0.15, 0.2) is 0 Å². The van der Waals surface area contributed by atoms with E-state index in [0.717, 1.165) is 5.56 Å². The average Bonchev–Trinajstić information content (AvgIpc) is 2.47. The number of amides is 1. The number of hydrogen-bond acceptors (Lipinski definition) is 2. The highest BCUT2D eigenvalue weighted by Gasteiger charge is 2.15. The standard InChI is InChI=1S/C16H15BrClNOS/c1-19(10-11-3-6-13(21-2)7-4-11)16(20)14-8-5-12(18)9-15(14)17/h3-9H,10H2,1-2H3. The van der Waals surface area contributed by atoms with Crippen LogP contribution < -0.4 is 0 Å². The number of carbonyl (C=O) groups excluding carboxylic acids is 1. The molecular formula is C16H15BrClNOS. The lowest BCUT2D eigenvalue weighted by Crippen LogP contribution is -2.26. The van der Waals surface area contributed by atoms with E-state index in [-0.39, 0.29) is 5.91 Å². The van der Waals surface area contributed by atoms with Crippen molar-refractivity contribution in [1.29, 1.82) is 0 Å². The molecule has 0 fully saturated rings. The zero-order valence-corrected chi connectivity index (χ0v) is 14.9. The largest absolute Gasteiger partial charge is 0.337 e. The summed E-state index contributed by atoms with van der Waals surface area (Å²) in [5.74, 6) is -0.0347. The summed E-state index contributed by atoms with van der Waals surface area (Å²) in [4.78, 5) is 15.4. The fourth-order valence-corrected chi connectivity index (χ4v) is 3.21. The summed E-state index contributed by atoms with van der Waals surface area (Å²) in [7, 11) is 1.80. The third-order valence-electron chi connectivity index (χ3n) is 3.09. The second kappa shape index (κ2) is 7.34. The topological polar surface area (TPSA) is 20.3 Å². The SMILES string of the molecule is CSc1ccc(CN(C)C(=O)c2ccc(Cl)cc2Br)cc1. The summed E-state index contributed by atoms with van der Waals surface area (Å²) in [5.41, 5.74) is 1.72. The number of halogens is 2. The molecule has 0 N–H and O–H groups in total. The van der Waals surface area contributed by atoms with E-state index in [0.29, 0.717) is 21.6 Å². The molecule has 0 bridgehead atoms. The third-order valence-corrected chi connectivity index (χ3v) is 4.72. The van der Waals surface area contributed by atoms with Gasteiger partial charge in [0.25, 0.3) is 5.91 Å². The van der Waals surface area contributed by atoms with Crippen LogP contribution in [0.4, 0.5) is 0 Å². The Labute approximate surface area is 142 Å². The lowest BCUT2D eigenvalue weighted by molar-refractivity contribution is 0.0784. The fourth-order valence-electron chi connectivity index (χ4n) is 1.95. The lowest BCUT2D eigenvalue weighted by atomic mass is 10.1. The van der Waals surface area contributed by atoms with Crippen LogP contribution >= 0.6 is 39.3 Å². The van der Waals surface area contributed by atoms with E-state index in [1.165, 1.54) is 4.90 Å². The van der Waals surface area contributed by atoms with E-state index >= 15 is 0 Å². The van der Waals surface area contributed by atoms with Crippen molar-refractivity contribution in [3.8, 4) is 0 Å². The molecule has 1 amide bonds. The molecule has 0 saturated heterocycles. The fraction of sp³-hybridized carbons (Fsp3) is 0.188. The zero-order chi connectivity index (χ0) is 15.4. The maximum atomic E-state index is 12.5. The van der Waals surface area contributed by atoms with Gasteiger partial charge in [-0.05, 0) is 58.1 Å². The molecule has 0 aliphatic carbocycles. The molecule has 21 heavy (non-hydrogen) atoms. The van der Waals surface area contributed by atoms with Gasteiger partial charge in [0.1, 0.15) is 0 Å². The second-order valence-corrected chi connectivity index (χ2v) is 6.80. The van der Waals surface area contributed by atoms with Gasteiger partial charge in [-0.3, -0.25) is 4.79 Å². The third kappa shape index (κ3) is 4.25. The highest BCUT2D eigenvalue weighted by atomic mass is 79.9. The summed E-state index contributed by atoms with van der Waals surface area (Å²) in [6, 6.07) is 13.4. The molecule has 2 nitrogen and oxygen atoms in total. The van der Waals surface area contributed by atoms with Crippen LogP contribution in [-0.2, 0) is 6.54 Å². The lowest BCUT2D eigenvalue weighted by Gasteiger charge is -2.18. The van der Waals surface area contributed by atoms with Crippen LogP contribution in [0.15, 0.2) is 51.8 Å². The Morgan fingerprint density at radius 2 is 1.90 bits per heavy atom. The Kier molecular flexibility index (Phi) is 5.73. The van der Waals surface area contributed by atoms with Gasteiger partial charge in [-0.1, -0.05) is 23.7 Å². The van der Waals surface area contributed by atoms with E-state index in [9.17, 15) is 4.79 Å². The second-order valence-electron chi connectivity index (χ2n) is 4.63. The molecule has 2 rings (SSSR count). The van der Waals surface area contributed by atoms with Gasteiger partial charge in [-0.25, -0.2) is 0 Å². The van der Waals surface area contributed by atoms with Crippen LogP contribution in [0.25, 0.3) is 0 Å². The zero-order valence-electron chi connectivity index (χ0n) is 11.8. The number of carbonyl (C=O) groups is 1. The van der Waals surface area contributed by atoms with Gasteiger partial charge in [0.2, 0.25) is 0 Å². The van der Waals surface area contributed by atoms with Crippen LogP contribution in [0.3, 0.4) is 0 Å². The Balaban J connectivity index is 2.11. The first-order valence-corrected chi connectivity index (χ1v) is 8.74. The van der Waals surface area contributed by atoms with Crippen molar-refractivity contribution in [2.75, 3.05) is 13.3 Å². The van der Waals surface area contributed by atoms with Crippen molar-refractivity contribution in [2.45, 2.75) is 11.4 Å². The molecule has 0 radical (unpaired) electrons. The number of benzene rings is 2. The van der Waals surface area contributed by atoms with E-state index < -0.39 is 0 Å². The molecule has 0 spiro atoms. The number of nitrogens with zero attached hydrogens (tertiary/aromatic N) is 1. The minimum absolute atomic E-state index is 0.0347. The molecule has 2 aromatic carbocycles. The minimum Gasteiger partial charge on any atom is -0.337 e. The maximum Gasteiger partial charge on any atom is 0.255 e. The van der Waals surface area contributed by atoms with Gasteiger partial charge < -0.3 is 4.90 Å². The Hall–Kier alpha value is -0.970. The first-order chi connectivity index (χ1) is 10.0. The predicted octanol–water partition coefficient (Wildman–Crippen LogP) is 5.10. The number of thioether (sulfide) groups is 1. The Bertz CT molecular complexity index is 645. The van der Waals surface area contributed by atoms with Crippen molar-refractivity contribution < 1.29 is 4.79 Å². The summed E-state index contributed by atoms with van der Waals surface area (Å²) < 4.78 is 0.713. The van der Waals surface area contributed by atoms with Gasteiger partial charge >= 0.3 is 0 Å². The Morgan fingerprint density at radius 1 is 1.24 bits per heavy atom. The summed E-state index contributed by atoms with van der Waals surface area (Å²) in [6.07, 6.45) is 2.04. The van der Waals surface area contributed by atoms with Gasteiger partial charge in [0.05, 0.1) is 5.56 Å². The van der Waals surface area contributed by atoms with E-state index in [4.69, 9.17) is 11.6 Å². The van der Waals surface area contributed by atoms with E-state index in [2.05, 4.69) is 28.1 Å². The van der Waals surface area contributed by atoms with Crippen LogP contribution in [0, 0.1) is 0 Å². The van der Waals surface area contributed by atoms with Gasteiger partial charge in [0, 0.05) is 28.0 Å². The smallest absolute Gasteiger partial charge is 0.255 e. The highest BCUT2D eigenvalue weighted by molar-refractivity contribution is 9.10. The molecule has 0 atom stereocenters. The van der Waals surface area contributed by atoms with E-state index in [1.807, 2.05) is 18.4 Å². The van der Waals surface area contributed by atoms with Crippen LogP contribution in [0.1, 0.15) is 15.9 Å². The normalized spacial score (nSPS) is 10.5. The molecule has 2 aromatic rings. The van der Waals surface area contributed by atoms with Crippen LogP contribution in [0.2, 0.25) is 5.02 Å². The predicted molar refractivity (Wildman–Crippen MR) is 93.2 cm³/mol. The van der Waals surface area contributed by atoms with Gasteiger partial charge in [-0.2, -0.15) is 0 Å². The summed E-state index contributed by atoms with van der Waals surface area (Å²) in [6.45, 7) is 0.572. The average molecular weight is 385 g/mol. The molecule has 0 unspecified atom stereocenters. The van der Waals surface area contributed by atoms with Gasteiger partial charge in [-0.15, -0.1) is 11.8 Å². The highest BCUT2D eigenvalue weighted by Crippen LogP contribution is 2.23. The molecular weight excluding hydrogens is 370 g/mol. The minimum atomic E-state index is -0.0347. The van der Waals surface area contributed by atoms with E-state index in [1.54, 1.807) is 41.9 Å². The quantitative estimate of drug-likeness (QED) is 0.684. The molecule has 0 aliphatic rings. The molecule has 0 aromatic heterocycles. The van der Waals surface area contributed by atoms with Crippen molar-refractivity contribution in [3.63, 3.8) is 0 Å². The first-order valence-electron chi connectivity index (χ1n) is 6.34. The van der Waals surface area contributed by atoms with Crippen molar-refractivity contribution >= 4 is 45.2 Å². The molecule has 0 saturated carbocycles. The summed E-state index contributed by atoms with van der Waals surface area (Å²) >= 11 is 11.0. The van der Waals surface area contributed by atoms with Crippen molar-refractivity contribution in [2.24, 2.45) is 0 Å². The first kappa shape index (κ1) is 16.4. The van der Waals surface area contributed by atoms with Crippen molar-refractivity contribution in [1.82, 2.24) is 4.90 Å². The molecule has 110 valence electrons. The monoisotopic (exact) mass is 383 g/mol. The van der Waals surface area contributed by atoms with Crippen LogP contribution in [-0.4, -0.2) is 24.1 Å². The van der Waals surface area contributed by atoms with Crippen LogP contribution in [0.5, 0.6) is 0 Å².